The second-order valence-electron chi connectivity index (χ2n) is 5.24. The molecule has 0 spiro atoms. The zero-order valence-electron chi connectivity index (χ0n) is 11.6. The number of carbonyl (C=O) groups is 2. The van der Waals surface area contributed by atoms with E-state index in [2.05, 4.69) is 5.32 Å². The van der Waals surface area contributed by atoms with Crippen LogP contribution in [0.1, 0.15) is 38.3 Å². The zero-order valence-corrected chi connectivity index (χ0v) is 11.6. The number of amides is 2. The topological polar surface area (TPSA) is 72.2 Å². The van der Waals surface area contributed by atoms with E-state index < -0.39 is 5.91 Å². The highest BCUT2D eigenvalue weighted by Crippen LogP contribution is 2.23. The average Bonchev–Trinajstić information content (AvgIpc) is 2.94. The van der Waals surface area contributed by atoms with Gasteiger partial charge in [-0.3, -0.25) is 9.59 Å². The summed E-state index contributed by atoms with van der Waals surface area (Å²) >= 11 is 0. The van der Waals surface area contributed by atoms with E-state index in [0.29, 0.717) is 16.8 Å². The summed E-state index contributed by atoms with van der Waals surface area (Å²) < 4.78 is 0. The fourth-order valence-corrected chi connectivity index (χ4v) is 2.67. The first kappa shape index (κ1) is 13.4. The largest absolute Gasteiger partial charge is 0.366 e. The number of aryl methyl sites for hydroxylation is 2. The van der Waals surface area contributed by atoms with Crippen molar-refractivity contribution in [3.63, 3.8) is 0 Å². The predicted octanol–water partition coefficient (Wildman–Crippen LogP) is 2.53. The lowest BCUT2D eigenvalue weighted by molar-refractivity contribution is 0.0996. The number of hydrogen-bond donors (Lipinski definition) is 2. The Morgan fingerprint density at radius 1 is 0.952 bits per heavy atom. The fraction of sp³-hybridized carbons (Fsp3) is 0.176. The first-order valence-electron chi connectivity index (χ1n) is 6.96. The van der Waals surface area contributed by atoms with E-state index in [1.165, 1.54) is 11.1 Å². The van der Waals surface area contributed by atoms with Gasteiger partial charge in [-0.2, -0.15) is 0 Å². The van der Waals surface area contributed by atoms with Crippen molar-refractivity contribution >= 4 is 17.5 Å². The van der Waals surface area contributed by atoms with Crippen molar-refractivity contribution in [1.29, 1.82) is 0 Å². The van der Waals surface area contributed by atoms with E-state index in [-0.39, 0.29) is 5.91 Å². The Morgan fingerprint density at radius 2 is 1.76 bits per heavy atom. The Kier molecular flexibility index (Phi) is 3.44. The molecule has 0 bridgehead atoms. The highest BCUT2D eigenvalue weighted by Gasteiger charge is 2.14. The lowest BCUT2D eigenvalue weighted by atomic mass is 10.1. The summed E-state index contributed by atoms with van der Waals surface area (Å²) in [6, 6.07) is 12.4. The van der Waals surface area contributed by atoms with Crippen LogP contribution in [0.15, 0.2) is 42.5 Å². The lowest BCUT2D eigenvalue weighted by Crippen LogP contribution is -2.14. The number of rotatable bonds is 3. The van der Waals surface area contributed by atoms with Gasteiger partial charge in [0.15, 0.2) is 0 Å². The first-order chi connectivity index (χ1) is 10.1. The van der Waals surface area contributed by atoms with Gasteiger partial charge in [0, 0.05) is 16.8 Å². The van der Waals surface area contributed by atoms with Crippen LogP contribution in [0, 0.1) is 0 Å². The van der Waals surface area contributed by atoms with Crippen LogP contribution in [-0.2, 0) is 12.8 Å². The van der Waals surface area contributed by atoms with Gasteiger partial charge in [0.2, 0.25) is 5.91 Å². The maximum absolute atomic E-state index is 12.3. The maximum atomic E-state index is 12.3. The smallest absolute Gasteiger partial charge is 0.255 e. The van der Waals surface area contributed by atoms with Crippen molar-refractivity contribution < 1.29 is 9.59 Å². The zero-order chi connectivity index (χ0) is 14.8. The van der Waals surface area contributed by atoms with Gasteiger partial charge in [0.25, 0.3) is 5.91 Å². The number of hydrogen-bond acceptors (Lipinski definition) is 2. The van der Waals surface area contributed by atoms with Crippen molar-refractivity contribution in [2.45, 2.75) is 19.3 Å². The van der Waals surface area contributed by atoms with Gasteiger partial charge in [-0.15, -0.1) is 0 Å². The number of nitrogens with two attached hydrogens (primary N) is 1. The number of carbonyl (C=O) groups excluding carboxylic acids is 2. The Bertz CT molecular complexity index is 722. The molecule has 0 radical (unpaired) electrons. The third-order valence-corrected chi connectivity index (χ3v) is 3.77. The first-order valence-corrected chi connectivity index (χ1v) is 6.96. The Labute approximate surface area is 123 Å². The number of primary amides is 1. The van der Waals surface area contributed by atoms with Gasteiger partial charge in [0.1, 0.15) is 0 Å². The molecule has 1 aliphatic rings. The van der Waals surface area contributed by atoms with Gasteiger partial charge >= 0.3 is 0 Å². The molecule has 0 aliphatic heterocycles. The molecule has 106 valence electrons. The Hall–Kier alpha value is -2.62. The van der Waals surface area contributed by atoms with Crippen molar-refractivity contribution in [1.82, 2.24) is 0 Å². The third kappa shape index (κ3) is 2.79. The van der Waals surface area contributed by atoms with E-state index >= 15 is 0 Å². The molecule has 4 nitrogen and oxygen atoms in total. The molecular formula is C17H16N2O2. The molecule has 0 heterocycles. The summed E-state index contributed by atoms with van der Waals surface area (Å²) in [5, 5.41) is 2.80. The van der Waals surface area contributed by atoms with E-state index in [1.54, 1.807) is 24.3 Å². The van der Waals surface area contributed by atoms with Crippen LogP contribution in [0.4, 0.5) is 5.69 Å². The number of anilines is 1. The van der Waals surface area contributed by atoms with Gasteiger partial charge in [0.05, 0.1) is 0 Å². The molecule has 4 heteroatoms. The average molecular weight is 280 g/mol. The Balaban J connectivity index is 1.80. The lowest BCUT2D eigenvalue weighted by Gasteiger charge is -2.08. The molecule has 2 aromatic carbocycles. The molecule has 0 saturated carbocycles. The monoisotopic (exact) mass is 280 g/mol. The van der Waals surface area contributed by atoms with Crippen molar-refractivity contribution in [3.05, 3.63) is 64.7 Å². The molecule has 3 N–H and O–H groups in total. The van der Waals surface area contributed by atoms with E-state index in [4.69, 9.17) is 5.73 Å². The second-order valence-corrected chi connectivity index (χ2v) is 5.24. The van der Waals surface area contributed by atoms with Gasteiger partial charge in [-0.1, -0.05) is 12.1 Å². The van der Waals surface area contributed by atoms with E-state index in [9.17, 15) is 9.59 Å². The molecule has 3 rings (SSSR count). The molecule has 0 aromatic heterocycles. The van der Waals surface area contributed by atoms with Crippen LogP contribution in [0.25, 0.3) is 0 Å². The van der Waals surface area contributed by atoms with Crippen molar-refractivity contribution in [3.8, 4) is 0 Å². The van der Waals surface area contributed by atoms with Crippen LogP contribution >= 0.6 is 0 Å². The van der Waals surface area contributed by atoms with Crippen LogP contribution in [0.3, 0.4) is 0 Å². The quantitative estimate of drug-likeness (QED) is 0.906. The maximum Gasteiger partial charge on any atom is 0.255 e. The normalized spacial score (nSPS) is 12.8. The van der Waals surface area contributed by atoms with Crippen LogP contribution < -0.4 is 11.1 Å². The van der Waals surface area contributed by atoms with Crippen molar-refractivity contribution in [2.75, 3.05) is 5.32 Å². The molecule has 2 amide bonds. The fourth-order valence-electron chi connectivity index (χ4n) is 2.67. The second kappa shape index (κ2) is 5.40. The minimum atomic E-state index is -0.511. The van der Waals surface area contributed by atoms with Gasteiger partial charge < -0.3 is 11.1 Å². The summed E-state index contributed by atoms with van der Waals surface area (Å²) in [7, 11) is 0. The van der Waals surface area contributed by atoms with Gasteiger partial charge in [-0.05, 0) is 60.7 Å². The third-order valence-electron chi connectivity index (χ3n) is 3.77. The van der Waals surface area contributed by atoms with Crippen LogP contribution in [-0.4, -0.2) is 11.8 Å². The predicted molar refractivity (Wildman–Crippen MR) is 81.4 cm³/mol. The Morgan fingerprint density at radius 3 is 2.57 bits per heavy atom. The molecule has 0 fully saturated rings. The number of nitrogens with one attached hydrogen (secondary N) is 1. The van der Waals surface area contributed by atoms with Crippen molar-refractivity contribution in [2.24, 2.45) is 5.73 Å². The standard InChI is InChI=1S/C17H16N2O2/c18-16(20)13-5-2-6-15(10-13)19-17(21)14-8-7-11-3-1-4-12(11)9-14/h2,5-10H,1,3-4H2,(H2,18,20)(H,19,21). The molecule has 0 unspecified atom stereocenters. The molecular weight excluding hydrogens is 264 g/mol. The summed E-state index contributed by atoms with van der Waals surface area (Å²) in [5.41, 5.74) is 9.41. The van der Waals surface area contributed by atoms with E-state index in [0.717, 1.165) is 19.3 Å². The van der Waals surface area contributed by atoms with Crippen LogP contribution in [0.5, 0.6) is 0 Å². The summed E-state index contributed by atoms with van der Waals surface area (Å²) in [6.07, 6.45) is 3.28. The molecule has 21 heavy (non-hydrogen) atoms. The molecule has 0 atom stereocenters. The summed E-state index contributed by atoms with van der Waals surface area (Å²) in [6.45, 7) is 0. The number of benzene rings is 2. The highest BCUT2D eigenvalue weighted by molar-refractivity contribution is 6.05. The summed E-state index contributed by atoms with van der Waals surface area (Å²) in [4.78, 5) is 23.4. The van der Waals surface area contributed by atoms with Gasteiger partial charge in [-0.25, -0.2) is 0 Å². The SMILES string of the molecule is NC(=O)c1cccc(NC(=O)c2ccc3c(c2)CCC3)c1. The minimum Gasteiger partial charge on any atom is -0.366 e. The minimum absolute atomic E-state index is 0.175. The molecule has 1 aliphatic carbocycles. The highest BCUT2D eigenvalue weighted by atomic mass is 16.2. The molecule has 2 aromatic rings. The summed E-state index contributed by atoms with van der Waals surface area (Å²) in [5.74, 6) is -0.685. The molecule has 0 saturated heterocycles. The van der Waals surface area contributed by atoms with Crippen LogP contribution in [0.2, 0.25) is 0 Å². The number of fused-ring (bicyclic) bond motifs is 1. The van der Waals surface area contributed by atoms with E-state index in [1.807, 2.05) is 18.2 Å².